The van der Waals surface area contributed by atoms with E-state index in [1.807, 2.05) is 26.0 Å². The monoisotopic (exact) mass is 324 g/mol. The molecule has 0 spiro atoms. The first-order valence-corrected chi connectivity index (χ1v) is 7.89. The zero-order valence-corrected chi connectivity index (χ0v) is 13.3. The normalized spacial score (nSPS) is 30.2. The molecule has 2 aliphatic carbocycles. The van der Waals surface area contributed by atoms with Gasteiger partial charge in [0.15, 0.2) is 0 Å². The molecule has 1 saturated carbocycles. The Hall–Kier alpha value is -2.76. The van der Waals surface area contributed by atoms with E-state index in [0.29, 0.717) is 0 Å². The summed E-state index contributed by atoms with van der Waals surface area (Å²) in [6.45, 7) is 4.02. The maximum atomic E-state index is 12.9. The van der Waals surface area contributed by atoms with Crippen LogP contribution in [0.15, 0.2) is 47.6 Å². The van der Waals surface area contributed by atoms with Crippen LogP contribution in [0.1, 0.15) is 13.8 Å². The van der Waals surface area contributed by atoms with E-state index in [9.17, 15) is 19.7 Å². The van der Waals surface area contributed by atoms with Gasteiger partial charge in [-0.05, 0) is 19.9 Å². The van der Waals surface area contributed by atoms with Crippen molar-refractivity contribution in [1.82, 2.24) is 0 Å². The predicted molar refractivity (Wildman–Crippen MR) is 87.1 cm³/mol. The summed E-state index contributed by atoms with van der Waals surface area (Å²) >= 11 is 0. The van der Waals surface area contributed by atoms with Crippen LogP contribution < -0.4 is 4.90 Å². The van der Waals surface area contributed by atoms with E-state index in [4.69, 9.17) is 0 Å². The second-order valence-corrected chi connectivity index (χ2v) is 6.73. The van der Waals surface area contributed by atoms with Gasteiger partial charge in [-0.25, -0.2) is 4.90 Å². The van der Waals surface area contributed by atoms with Crippen LogP contribution in [0.2, 0.25) is 0 Å². The molecule has 1 saturated heterocycles. The standard InChI is InChI=1S/C18H16N2O4/c1-9(2)14-12-6-7-13(14)16-15(12)17(21)19(18(16)22)10-4-3-5-11(8-10)20(23)24/h3-8,12-13,15-16H,1-2H3/t12-,13-,15+,16+/m1/s1. The Bertz CT molecular complexity index is 816. The SMILES string of the molecule is CC(C)=C1[C@H]2C=C[C@H]1[C@@H]1C(=O)N(c3cccc([N+](=O)[O-])c3)C(=O)[C@H]12. The van der Waals surface area contributed by atoms with Gasteiger partial charge in [0.05, 0.1) is 22.4 Å². The summed E-state index contributed by atoms with van der Waals surface area (Å²) in [4.78, 5) is 37.4. The molecule has 1 heterocycles. The number of benzene rings is 1. The fourth-order valence-corrected chi connectivity index (χ4v) is 4.43. The highest BCUT2D eigenvalue weighted by molar-refractivity contribution is 6.23. The fraction of sp³-hybridized carbons (Fsp3) is 0.333. The molecular weight excluding hydrogens is 308 g/mol. The third-order valence-electron chi connectivity index (χ3n) is 5.29. The number of imide groups is 1. The van der Waals surface area contributed by atoms with E-state index in [1.165, 1.54) is 23.8 Å². The summed E-state index contributed by atoms with van der Waals surface area (Å²) in [5.74, 6) is -1.30. The van der Waals surface area contributed by atoms with Crippen molar-refractivity contribution in [2.45, 2.75) is 13.8 Å². The summed E-state index contributed by atoms with van der Waals surface area (Å²) in [5.41, 5.74) is 2.50. The molecule has 1 aliphatic heterocycles. The van der Waals surface area contributed by atoms with Gasteiger partial charge in [0.25, 0.3) is 5.69 Å². The van der Waals surface area contributed by atoms with Crippen LogP contribution in [0.3, 0.4) is 0 Å². The highest BCUT2D eigenvalue weighted by Crippen LogP contribution is 2.57. The molecule has 1 aromatic carbocycles. The molecule has 0 radical (unpaired) electrons. The minimum atomic E-state index is -0.526. The Kier molecular flexibility index (Phi) is 3.00. The Balaban J connectivity index is 1.76. The molecule has 2 amide bonds. The number of rotatable bonds is 2. The Morgan fingerprint density at radius 2 is 1.67 bits per heavy atom. The van der Waals surface area contributed by atoms with Gasteiger partial charge in [-0.15, -0.1) is 0 Å². The van der Waals surface area contributed by atoms with Gasteiger partial charge in [-0.1, -0.05) is 29.4 Å². The Morgan fingerprint density at radius 1 is 1.08 bits per heavy atom. The van der Waals surface area contributed by atoms with E-state index in [2.05, 4.69) is 0 Å². The lowest BCUT2D eigenvalue weighted by molar-refractivity contribution is -0.384. The third kappa shape index (κ3) is 1.76. The van der Waals surface area contributed by atoms with Crippen molar-refractivity contribution >= 4 is 23.2 Å². The van der Waals surface area contributed by atoms with Crippen LogP contribution in [0.4, 0.5) is 11.4 Å². The zero-order valence-electron chi connectivity index (χ0n) is 13.3. The number of amides is 2. The molecule has 2 bridgehead atoms. The molecule has 0 aromatic heterocycles. The molecule has 0 unspecified atom stereocenters. The number of carbonyl (C=O) groups excluding carboxylic acids is 2. The first kappa shape index (κ1) is 14.8. The molecular formula is C18H16N2O4. The average Bonchev–Trinajstić information content (AvgIpc) is 3.17. The van der Waals surface area contributed by atoms with E-state index in [1.54, 1.807) is 6.07 Å². The molecule has 6 nitrogen and oxygen atoms in total. The molecule has 4 atom stereocenters. The molecule has 0 N–H and O–H groups in total. The van der Waals surface area contributed by atoms with Crippen molar-refractivity contribution in [3.05, 3.63) is 57.7 Å². The number of hydrogen-bond acceptors (Lipinski definition) is 4. The lowest BCUT2D eigenvalue weighted by Gasteiger charge is -2.19. The number of fused-ring (bicyclic) bond motifs is 5. The summed E-state index contributed by atoms with van der Waals surface area (Å²) < 4.78 is 0. The fourth-order valence-electron chi connectivity index (χ4n) is 4.43. The molecule has 122 valence electrons. The smallest absolute Gasteiger partial charge is 0.271 e. The minimum Gasteiger partial charge on any atom is -0.274 e. The van der Waals surface area contributed by atoms with Crippen LogP contribution in [0.5, 0.6) is 0 Å². The second-order valence-electron chi connectivity index (χ2n) is 6.73. The number of anilines is 1. The van der Waals surface area contributed by atoms with Gasteiger partial charge in [-0.2, -0.15) is 0 Å². The number of carbonyl (C=O) groups is 2. The molecule has 2 fully saturated rings. The number of nitro benzene ring substituents is 1. The molecule has 3 aliphatic rings. The van der Waals surface area contributed by atoms with Gasteiger partial charge in [0.1, 0.15) is 0 Å². The average molecular weight is 324 g/mol. The maximum Gasteiger partial charge on any atom is 0.271 e. The highest BCUT2D eigenvalue weighted by Gasteiger charge is 2.61. The first-order chi connectivity index (χ1) is 11.4. The van der Waals surface area contributed by atoms with Gasteiger partial charge >= 0.3 is 0 Å². The van der Waals surface area contributed by atoms with Crippen LogP contribution in [-0.4, -0.2) is 16.7 Å². The predicted octanol–water partition coefficient (Wildman–Crippen LogP) is 2.85. The summed E-state index contributed by atoms with van der Waals surface area (Å²) in [6, 6.07) is 5.70. The zero-order chi connectivity index (χ0) is 17.2. The largest absolute Gasteiger partial charge is 0.274 e. The summed E-state index contributed by atoms with van der Waals surface area (Å²) in [5, 5.41) is 11.0. The third-order valence-corrected chi connectivity index (χ3v) is 5.29. The van der Waals surface area contributed by atoms with Crippen molar-refractivity contribution < 1.29 is 14.5 Å². The van der Waals surface area contributed by atoms with Gasteiger partial charge in [-0.3, -0.25) is 19.7 Å². The lowest BCUT2D eigenvalue weighted by atomic mass is 9.85. The Labute approximate surface area is 138 Å². The molecule has 24 heavy (non-hydrogen) atoms. The molecule has 4 rings (SSSR count). The van der Waals surface area contributed by atoms with E-state index in [0.717, 1.165) is 10.5 Å². The summed E-state index contributed by atoms with van der Waals surface area (Å²) in [7, 11) is 0. The topological polar surface area (TPSA) is 80.5 Å². The van der Waals surface area contributed by atoms with Crippen molar-refractivity contribution in [2.75, 3.05) is 4.90 Å². The molecule has 6 heteroatoms. The van der Waals surface area contributed by atoms with Crippen LogP contribution in [0.25, 0.3) is 0 Å². The highest BCUT2D eigenvalue weighted by atomic mass is 16.6. The van der Waals surface area contributed by atoms with Crippen LogP contribution in [0, 0.1) is 33.8 Å². The minimum absolute atomic E-state index is 0.0230. The number of allylic oxidation sites excluding steroid dienone is 4. The van der Waals surface area contributed by atoms with Crippen LogP contribution in [-0.2, 0) is 9.59 Å². The quantitative estimate of drug-likeness (QED) is 0.362. The van der Waals surface area contributed by atoms with Gasteiger partial charge in [0.2, 0.25) is 11.8 Å². The van der Waals surface area contributed by atoms with Crippen LogP contribution >= 0.6 is 0 Å². The Morgan fingerprint density at radius 3 is 2.17 bits per heavy atom. The van der Waals surface area contributed by atoms with Gasteiger partial charge < -0.3 is 0 Å². The van der Waals surface area contributed by atoms with Crippen molar-refractivity contribution in [2.24, 2.45) is 23.7 Å². The first-order valence-electron chi connectivity index (χ1n) is 7.89. The number of non-ortho nitro benzene ring substituents is 1. The second kappa shape index (κ2) is 4.87. The van der Waals surface area contributed by atoms with Crippen molar-refractivity contribution in [3.63, 3.8) is 0 Å². The number of nitrogens with zero attached hydrogens (tertiary/aromatic N) is 2. The van der Waals surface area contributed by atoms with Gasteiger partial charge in [0, 0.05) is 24.0 Å². The number of hydrogen-bond donors (Lipinski definition) is 0. The van der Waals surface area contributed by atoms with E-state index < -0.39 is 4.92 Å². The van der Waals surface area contributed by atoms with Crippen molar-refractivity contribution in [1.29, 1.82) is 0 Å². The maximum absolute atomic E-state index is 12.9. The number of nitro groups is 1. The summed E-state index contributed by atoms with van der Waals surface area (Å²) in [6.07, 6.45) is 4.05. The van der Waals surface area contributed by atoms with E-state index >= 15 is 0 Å². The lowest BCUT2D eigenvalue weighted by Crippen LogP contribution is -2.33. The van der Waals surface area contributed by atoms with Crippen molar-refractivity contribution in [3.8, 4) is 0 Å². The molecule has 1 aromatic rings. The van der Waals surface area contributed by atoms with E-state index in [-0.39, 0.29) is 46.9 Å².